The Morgan fingerprint density at radius 2 is 0.356 bits per heavy atom. The van der Waals surface area contributed by atoms with Crippen molar-refractivity contribution in [2.75, 3.05) is 13.2 Å². The lowest BCUT2D eigenvalue weighted by Gasteiger charge is -2.66. The van der Waals surface area contributed by atoms with Crippen LogP contribution in [0.4, 0.5) is 0 Å². The van der Waals surface area contributed by atoms with E-state index in [2.05, 4.69) is 317 Å². The Bertz CT molecular complexity index is 2850. The molecule has 0 atom stereocenters. The molecule has 0 radical (unpaired) electrons. The fourth-order valence-electron chi connectivity index (χ4n) is 12.9. The molecule has 0 aliphatic carbocycles. The zero-order chi connectivity index (χ0) is 49.9. The molecule has 10 aromatic rings. The molecule has 0 saturated heterocycles. The Balaban J connectivity index is 1.69. The quantitative estimate of drug-likeness (QED) is 0.0715. The Kier molecular flexibility index (Phi) is 15.4. The van der Waals surface area contributed by atoms with Crippen molar-refractivity contribution in [3.8, 4) is 0 Å². The zero-order valence-electron chi connectivity index (χ0n) is 42.0. The van der Waals surface area contributed by atoms with Gasteiger partial charge in [-0.05, 0) is 33.6 Å². The maximum atomic E-state index is 8.68. The van der Waals surface area contributed by atoms with Gasteiger partial charge in [-0.1, -0.05) is 348 Å². The zero-order valence-corrected chi connectivity index (χ0v) is 47.0. The molecule has 73 heavy (non-hydrogen) atoms. The van der Waals surface area contributed by atoms with E-state index in [1.165, 1.54) is 51.9 Å². The molecule has 0 bridgehead atoms. The van der Waals surface area contributed by atoms with Crippen LogP contribution in [0.3, 0.4) is 0 Å². The number of hydrogen-bond acceptors (Lipinski definition) is 2. The minimum atomic E-state index is -4.02. The molecule has 0 unspecified atom stereocenters. The molecule has 0 aliphatic rings. The van der Waals surface area contributed by atoms with Gasteiger partial charge in [0.15, 0.2) is 14.2 Å². The molecule has 0 saturated carbocycles. The number of rotatable bonds is 20. The van der Waals surface area contributed by atoms with E-state index in [4.69, 9.17) is 8.85 Å². The second-order valence-corrected chi connectivity index (χ2v) is 54.8. The van der Waals surface area contributed by atoms with Gasteiger partial charge in [-0.15, -0.1) is 0 Å². The van der Waals surface area contributed by atoms with Crippen molar-refractivity contribution < 1.29 is 8.85 Å². The molecular formula is C66H64O2Si5. The van der Waals surface area contributed by atoms with Gasteiger partial charge in [-0.25, -0.2) is 0 Å². The molecule has 360 valence electrons. The van der Waals surface area contributed by atoms with Crippen molar-refractivity contribution in [2.24, 2.45) is 0 Å². The highest BCUT2D eigenvalue weighted by molar-refractivity contribution is 8.06. The monoisotopic (exact) mass is 1030 g/mol. The van der Waals surface area contributed by atoms with Crippen LogP contribution in [-0.4, -0.2) is 50.2 Å². The molecule has 0 heterocycles. The van der Waals surface area contributed by atoms with Gasteiger partial charge >= 0.3 is 0 Å². The SMILES string of the molecule is CCCO[Si](c1ccccc1)(c1ccccc1)[Si](c1ccccc1)(c1ccccc1)[Si](c1ccccc1)(c1ccccc1)[Si](c1ccccc1)(c1ccccc1)[Si](OCCC)(c1ccccc1)c1ccccc1. The first kappa shape index (κ1) is 49.8. The third-order valence-corrected chi connectivity index (χ3v) is 84.8. The summed E-state index contributed by atoms with van der Waals surface area (Å²) in [6.07, 6.45) is 1.72. The molecule has 10 aromatic carbocycles. The topological polar surface area (TPSA) is 18.5 Å². The van der Waals surface area contributed by atoms with Gasteiger partial charge in [-0.3, -0.25) is 0 Å². The fraction of sp³-hybridized carbons (Fsp3) is 0.0909. The van der Waals surface area contributed by atoms with Crippen molar-refractivity contribution in [2.45, 2.75) is 26.7 Å². The fourth-order valence-corrected chi connectivity index (χ4v) is 122. The van der Waals surface area contributed by atoms with Gasteiger partial charge in [0.25, 0.3) is 0 Å². The van der Waals surface area contributed by atoms with E-state index >= 15 is 0 Å². The summed E-state index contributed by atoms with van der Waals surface area (Å²) in [4.78, 5) is 0. The van der Waals surface area contributed by atoms with Gasteiger partial charge in [-0.2, -0.15) is 0 Å². The third-order valence-electron chi connectivity index (χ3n) is 15.2. The maximum absolute atomic E-state index is 8.68. The highest BCUT2D eigenvalue weighted by Gasteiger charge is 2.84. The van der Waals surface area contributed by atoms with E-state index in [-0.39, 0.29) is 0 Å². The van der Waals surface area contributed by atoms with Crippen LogP contribution in [-0.2, 0) is 8.85 Å². The highest BCUT2D eigenvalue weighted by Crippen LogP contribution is 2.41. The first-order chi connectivity index (χ1) is 36.2. The summed E-state index contributed by atoms with van der Waals surface area (Å²) in [5, 5.41) is 13.6. The Hall–Kier alpha value is -6.80. The van der Waals surface area contributed by atoms with E-state index in [0.29, 0.717) is 13.2 Å². The van der Waals surface area contributed by atoms with Crippen LogP contribution in [0.15, 0.2) is 303 Å². The number of hydrogen-bond donors (Lipinski definition) is 0. The van der Waals surface area contributed by atoms with E-state index in [9.17, 15) is 0 Å². The van der Waals surface area contributed by atoms with Crippen LogP contribution in [0, 0.1) is 0 Å². The van der Waals surface area contributed by atoms with E-state index in [0.717, 1.165) is 12.8 Å². The molecule has 2 nitrogen and oxygen atoms in total. The molecule has 0 N–H and O–H groups in total. The predicted octanol–water partition coefficient (Wildman–Crippen LogP) is 8.46. The van der Waals surface area contributed by atoms with Crippen LogP contribution in [0.5, 0.6) is 0 Å². The first-order valence-corrected chi connectivity index (χ1v) is 39.8. The number of benzene rings is 10. The normalized spacial score (nSPS) is 12.3. The summed E-state index contributed by atoms with van der Waals surface area (Å²) in [7, 11) is -19.6. The Morgan fingerprint density at radius 1 is 0.205 bits per heavy atom. The second kappa shape index (κ2) is 22.5. The largest absolute Gasteiger partial charge is 0.410 e. The summed E-state index contributed by atoms with van der Waals surface area (Å²) < 4.78 is 17.4. The van der Waals surface area contributed by atoms with E-state index < -0.39 is 37.0 Å². The van der Waals surface area contributed by atoms with Gasteiger partial charge < -0.3 is 8.85 Å². The second-order valence-electron chi connectivity index (χ2n) is 19.0. The summed E-state index contributed by atoms with van der Waals surface area (Å²) >= 11 is 0. The van der Waals surface area contributed by atoms with Crippen molar-refractivity contribution in [1.82, 2.24) is 0 Å². The first-order valence-electron chi connectivity index (χ1n) is 26.0. The molecule has 10 rings (SSSR count). The van der Waals surface area contributed by atoms with Crippen LogP contribution in [0.2, 0.25) is 0 Å². The molecule has 0 spiro atoms. The van der Waals surface area contributed by atoms with Crippen molar-refractivity contribution in [3.63, 3.8) is 0 Å². The maximum Gasteiger partial charge on any atom is 0.248 e. The highest BCUT2D eigenvalue weighted by atomic mass is 29.9. The molecule has 0 fully saturated rings. The Labute approximate surface area is 438 Å². The summed E-state index contributed by atoms with van der Waals surface area (Å²) in [5.41, 5.74) is 0. The lowest BCUT2D eigenvalue weighted by molar-refractivity contribution is 0.326. The molecule has 0 aromatic heterocycles. The van der Waals surface area contributed by atoms with E-state index in [1.807, 2.05) is 0 Å². The standard InChI is InChI=1S/C66H64O2Si5/c1-3-55-67-69(57-35-15-5-16-36-57,58-37-17-6-18-38-58)71(61-43-23-9-24-44-61,62-45-25-10-26-46-62)73(65-51-31-13-32-52-65,66-53-33-14-34-54-66)72(63-47-27-11-28-48-63,64-49-29-12-30-50-64)70(68-56-4-2,59-39-19-7-20-40-59)60-41-21-8-22-42-60/h5-54H,3-4,55-56H2,1-2H3. The molecule has 0 aliphatic heterocycles. The third kappa shape index (κ3) is 8.11. The summed E-state index contributed by atoms with van der Waals surface area (Å²) in [6, 6.07) is 118. The van der Waals surface area contributed by atoms with Gasteiger partial charge in [0.05, 0.1) is 0 Å². The van der Waals surface area contributed by atoms with Crippen LogP contribution in [0.1, 0.15) is 26.7 Å². The lowest BCUT2D eigenvalue weighted by atomic mass is 10.4. The predicted molar refractivity (Wildman–Crippen MR) is 322 cm³/mol. The molecular weight excluding hydrogens is 965 g/mol. The summed E-state index contributed by atoms with van der Waals surface area (Å²) in [6.45, 7) is 5.76. The van der Waals surface area contributed by atoms with Crippen molar-refractivity contribution >= 4 is 88.9 Å². The van der Waals surface area contributed by atoms with Crippen LogP contribution < -0.4 is 51.9 Å². The lowest BCUT2D eigenvalue weighted by Crippen LogP contribution is -3.12. The van der Waals surface area contributed by atoms with Crippen molar-refractivity contribution in [3.05, 3.63) is 303 Å². The average molecular weight is 1030 g/mol. The van der Waals surface area contributed by atoms with E-state index in [1.54, 1.807) is 0 Å². The average Bonchev–Trinajstić information content (AvgIpc) is 3.49. The van der Waals surface area contributed by atoms with Crippen LogP contribution in [0.25, 0.3) is 0 Å². The summed E-state index contributed by atoms with van der Waals surface area (Å²) in [5.74, 6) is 0. The van der Waals surface area contributed by atoms with Crippen molar-refractivity contribution in [1.29, 1.82) is 0 Å². The van der Waals surface area contributed by atoms with Gasteiger partial charge in [0.2, 0.25) is 15.7 Å². The van der Waals surface area contributed by atoms with Crippen LogP contribution >= 0.6 is 0 Å². The molecule has 7 heteroatoms. The smallest absolute Gasteiger partial charge is 0.248 e. The minimum absolute atomic E-state index is 0.593. The minimum Gasteiger partial charge on any atom is -0.410 e. The Morgan fingerprint density at radius 3 is 0.521 bits per heavy atom. The van der Waals surface area contributed by atoms with Gasteiger partial charge in [0.1, 0.15) is 7.11 Å². The van der Waals surface area contributed by atoms with Gasteiger partial charge in [0, 0.05) is 13.2 Å². The molecule has 0 amide bonds.